The van der Waals surface area contributed by atoms with Crippen molar-refractivity contribution in [3.63, 3.8) is 0 Å². The van der Waals surface area contributed by atoms with Crippen LogP contribution >= 0.6 is 0 Å². The first-order valence-corrected chi connectivity index (χ1v) is 4.12. The summed E-state index contributed by atoms with van der Waals surface area (Å²) in [5, 5.41) is 9.07. The van der Waals surface area contributed by atoms with E-state index in [4.69, 9.17) is 0 Å². The van der Waals surface area contributed by atoms with Gasteiger partial charge in [-0.15, -0.1) is 0 Å². The van der Waals surface area contributed by atoms with Crippen LogP contribution in [0.5, 0.6) is 0 Å². The zero-order chi connectivity index (χ0) is 9.68. The molecule has 0 radical (unpaired) electrons. The summed E-state index contributed by atoms with van der Waals surface area (Å²) in [6, 6.07) is 1.72. The van der Waals surface area contributed by atoms with E-state index in [2.05, 4.69) is 15.5 Å². The van der Waals surface area contributed by atoms with E-state index < -0.39 is 0 Å². The van der Waals surface area contributed by atoms with Gasteiger partial charge in [-0.2, -0.15) is 5.10 Å². The zero-order valence-corrected chi connectivity index (χ0v) is 7.87. The van der Waals surface area contributed by atoms with Gasteiger partial charge in [-0.1, -0.05) is 0 Å². The van der Waals surface area contributed by atoms with Crippen molar-refractivity contribution < 1.29 is 4.79 Å². The predicted octanol–water partition coefficient (Wildman–Crippen LogP) is 0.300. The van der Waals surface area contributed by atoms with Crippen LogP contribution < -0.4 is 5.32 Å². The number of nitrogens with zero attached hydrogens (tertiary/aromatic N) is 2. The third kappa shape index (κ3) is 3.71. The van der Waals surface area contributed by atoms with E-state index in [0.717, 1.165) is 6.54 Å². The maximum atomic E-state index is 11.2. The van der Waals surface area contributed by atoms with Gasteiger partial charge in [0.25, 0.3) is 0 Å². The zero-order valence-electron chi connectivity index (χ0n) is 7.87. The number of anilines is 1. The van der Waals surface area contributed by atoms with Crippen molar-refractivity contribution >= 4 is 11.7 Å². The van der Waals surface area contributed by atoms with Gasteiger partial charge >= 0.3 is 0 Å². The summed E-state index contributed by atoms with van der Waals surface area (Å²) in [5.74, 6) is 0.640. The van der Waals surface area contributed by atoms with Crippen LogP contribution in [0.25, 0.3) is 0 Å². The summed E-state index contributed by atoms with van der Waals surface area (Å²) in [6.07, 6.45) is 2.09. The molecule has 0 bridgehead atoms. The first-order valence-electron chi connectivity index (χ1n) is 4.12. The van der Waals surface area contributed by atoms with E-state index in [1.807, 2.05) is 19.0 Å². The fraction of sp³-hybridized carbons (Fsp3) is 0.500. The molecule has 0 atom stereocenters. The van der Waals surface area contributed by atoms with Crippen molar-refractivity contribution in [3.05, 3.63) is 12.3 Å². The number of nitrogens with one attached hydrogen (secondary N) is 2. The Morgan fingerprint density at radius 1 is 1.69 bits per heavy atom. The molecule has 1 aromatic rings. The van der Waals surface area contributed by atoms with E-state index in [9.17, 15) is 4.79 Å². The number of rotatable bonds is 4. The molecule has 5 nitrogen and oxygen atoms in total. The van der Waals surface area contributed by atoms with E-state index in [0.29, 0.717) is 12.2 Å². The highest BCUT2D eigenvalue weighted by molar-refractivity contribution is 5.89. The van der Waals surface area contributed by atoms with Crippen molar-refractivity contribution in [3.8, 4) is 0 Å². The molecule has 72 valence electrons. The second kappa shape index (κ2) is 4.61. The highest BCUT2D eigenvalue weighted by Gasteiger charge is 2.02. The van der Waals surface area contributed by atoms with Gasteiger partial charge in [0, 0.05) is 19.0 Å². The van der Waals surface area contributed by atoms with E-state index in [-0.39, 0.29) is 5.91 Å². The average Bonchev–Trinajstić information content (AvgIpc) is 2.53. The second-order valence-corrected chi connectivity index (χ2v) is 3.07. The van der Waals surface area contributed by atoms with Crippen LogP contribution in [0.4, 0.5) is 5.82 Å². The topological polar surface area (TPSA) is 61.0 Å². The van der Waals surface area contributed by atoms with Crippen molar-refractivity contribution in [2.75, 3.05) is 26.0 Å². The lowest BCUT2D eigenvalue weighted by molar-refractivity contribution is -0.116. The Balaban J connectivity index is 2.26. The molecule has 0 spiro atoms. The van der Waals surface area contributed by atoms with Crippen LogP contribution in [-0.2, 0) is 4.79 Å². The summed E-state index contributed by atoms with van der Waals surface area (Å²) in [5.41, 5.74) is 0. The minimum absolute atomic E-state index is 0.00190. The van der Waals surface area contributed by atoms with Gasteiger partial charge in [0.1, 0.15) is 5.82 Å². The molecule has 0 aliphatic carbocycles. The lowest BCUT2D eigenvalue weighted by Crippen LogP contribution is -2.20. The normalized spacial score (nSPS) is 10.4. The van der Waals surface area contributed by atoms with Crippen molar-refractivity contribution in [2.24, 2.45) is 0 Å². The molecule has 1 amide bonds. The van der Waals surface area contributed by atoms with Crippen LogP contribution in [0.2, 0.25) is 0 Å². The van der Waals surface area contributed by atoms with Gasteiger partial charge in [-0.3, -0.25) is 9.89 Å². The summed E-state index contributed by atoms with van der Waals surface area (Å²) in [7, 11) is 3.87. The Hall–Kier alpha value is -1.36. The summed E-state index contributed by atoms with van der Waals surface area (Å²) in [4.78, 5) is 13.2. The first-order chi connectivity index (χ1) is 6.18. The number of amides is 1. The number of carbonyl (C=O) groups excluding carboxylic acids is 1. The predicted molar refractivity (Wildman–Crippen MR) is 50.4 cm³/mol. The maximum absolute atomic E-state index is 11.2. The standard InChI is InChI=1S/C8H14N4O/c1-12(2)6-4-8(13)10-7-3-5-9-11-7/h3,5H,4,6H2,1-2H3,(H2,9,10,11,13). The number of aromatic nitrogens is 2. The Morgan fingerprint density at radius 2 is 2.46 bits per heavy atom. The highest BCUT2D eigenvalue weighted by atomic mass is 16.1. The van der Waals surface area contributed by atoms with E-state index in [1.54, 1.807) is 12.3 Å². The minimum atomic E-state index is -0.00190. The fourth-order valence-corrected chi connectivity index (χ4v) is 0.863. The molecule has 2 N–H and O–H groups in total. The number of hydrogen-bond donors (Lipinski definition) is 2. The number of hydrogen-bond acceptors (Lipinski definition) is 3. The number of aromatic amines is 1. The monoisotopic (exact) mass is 182 g/mol. The fourth-order valence-electron chi connectivity index (χ4n) is 0.863. The summed E-state index contributed by atoms with van der Waals surface area (Å²) < 4.78 is 0. The van der Waals surface area contributed by atoms with Crippen LogP contribution in [0.3, 0.4) is 0 Å². The minimum Gasteiger partial charge on any atom is -0.311 e. The number of carbonyl (C=O) groups is 1. The maximum Gasteiger partial charge on any atom is 0.226 e. The van der Waals surface area contributed by atoms with Crippen LogP contribution in [0.1, 0.15) is 6.42 Å². The molecule has 0 aliphatic heterocycles. The summed E-state index contributed by atoms with van der Waals surface area (Å²) >= 11 is 0. The van der Waals surface area contributed by atoms with Gasteiger partial charge in [0.05, 0.1) is 6.20 Å². The van der Waals surface area contributed by atoms with E-state index >= 15 is 0 Å². The number of H-pyrrole nitrogens is 1. The summed E-state index contributed by atoms with van der Waals surface area (Å²) in [6.45, 7) is 0.750. The molecule has 0 unspecified atom stereocenters. The highest BCUT2D eigenvalue weighted by Crippen LogP contribution is 1.99. The molecule has 13 heavy (non-hydrogen) atoms. The van der Waals surface area contributed by atoms with Crippen molar-refractivity contribution in [1.82, 2.24) is 15.1 Å². The van der Waals surface area contributed by atoms with E-state index in [1.165, 1.54) is 0 Å². The van der Waals surface area contributed by atoms with Gasteiger partial charge in [-0.25, -0.2) is 0 Å². The molecule has 1 heterocycles. The third-order valence-electron chi connectivity index (χ3n) is 1.56. The molecule has 1 aromatic heterocycles. The molecular weight excluding hydrogens is 168 g/mol. The van der Waals surface area contributed by atoms with Crippen LogP contribution in [0, 0.1) is 0 Å². The largest absolute Gasteiger partial charge is 0.311 e. The van der Waals surface area contributed by atoms with Gasteiger partial charge in [-0.05, 0) is 14.1 Å². The van der Waals surface area contributed by atoms with Crippen molar-refractivity contribution in [2.45, 2.75) is 6.42 Å². The van der Waals surface area contributed by atoms with Crippen molar-refractivity contribution in [1.29, 1.82) is 0 Å². The van der Waals surface area contributed by atoms with Gasteiger partial charge in [0.2, 0.25) is 5.91 Å². The Morgan fingerprint density at radius 3 is 3.00 bits per heavy atom. The van der Waals surface area contributed by atoms with Crippen LogP contribution in [-0.4, -0.2) is 41.6 Å². The van der Waals surface area contributed by atoms with Gasteiger partial charge < -0.3 is 10.2 Å². The second-order valence-electron chi connectivity index (χ2n) is 3.07. The molecule has 0 saturated carbocycles. The molecular formula is C8H14N4O. The smallest absolute Gasteiger partial charge is 0.226 e. The SMILES string of the molecule is CN(C)CCC(=O)Nc1ccn[nH]1. The lowest BCUT2D eigenvalue weighted by Gasteiger charge is -2.08. The Bertz CT molecular complexity index is 255. The Kier molecular flexibility index (Phi) is 3.45. The first kappa shape index (κ1) is 9.73. The van der Waals surface area contributed by atoms with Gasteiger partial charge in [0.15, 0.2) is 0 Å². The van der Waals surface area contributed by atoms with Crippen LogP contribution in [0.15, 0.2) is 12.3 Å². The third-order valence-corrected chi connectivity index (χ3v) is 1.56. The molecule has 0 aromatic carbocycles. The Labute approximate surface area is 77.1 Å². The molecule has 0 fully saturated rings. The quantitative estimate of drug-likeness (QED) is 0.704. The molecule has 0 aliphatic rings. The molecule has 0 saturated heterocycles. The molecule has 1 rings (SSSR count). The average molecular weight is 182 g/mol. The lowest BCUT2D eigenvalue weighted by atomic mass is 10.4. The molecule has 5 heteroatoms.